The second-order valence-electron chi connectivity index (χ2n) is 3.19. The molecule has 4 heteroatoms. The zero-order valence-electron chi connectivity index (χ0n) is 9.23. The van der Waals surface area contributed by atoms with Gasteiger partial charge in [0.15, 0.2) is 5.75 Å². The van der Waals surface area contributed by atoms with Gasteiger partial charge in [-0.3, -0.25) is 4.68 Å². The Hall–Kier alpha value is -1.12. The van der Waals surface area contributed by atoms with Crippen molar-refractivity contribution in [2.45, 2.75) is 13.3 Å². The van der Waals surface area contributed by atoms with Gasteiger partial charge in [-0.2, -0.15) is 29.4 Å². The fraction of sp³-hybridized carbons (Fsp3) is 0.250. The minimum Gasteiger partial charge on any atom is -0.493 e. The fourth-order valence-corrected chi connectivity index (χ4v) is 1.46. The zero-order valence-corrected chi connectivity index (χ0v) is 11.6. The van der Waals surface area contributed by atoms with E-state index in [2.05, 4.69) is 18.1 Å². The van der Waals surface area contributed by atoms with E-state index in [1.54, 1.807) is 11.8 Å². The molecule has 0 aliphatic heterocycles. The maximum Gasteiger partial charge on any atom is 0.160 e. The second-order valence-corrected chi connectivity index (χ2v) is 3.19. The largest absolute Gasteiger partial charge is 0.493 e. The summed E-state index contributed by atoms with van der Waals surface area (Å²) in [6.45, 7) is 2.06. The third kappa shape index (κ3) is 2.52. The molecule has 0 saturated heterocycles. The van der Waals surface area contributed by atoms with Gasteiger partial charge in [0, 0.05) is 20.1 Å². The number of hydrogen-bond donors (Lipinski definition) is 0. The molecule has 2 aromatic rings. The summed E-state index contributed by atoms with van der Waals surface area (Å²) in [6.07, 6.45) is 2.74. The zero-order chi connectivity index (χ0) is 10.7. The van der Waals surface area contributed by atoms with Crippen LogP contribution < -0.4 is 4.74 Å². The Morgan fingerprint density at radius 1 is 1.44 bits per heavy atom. The number of rotatable bonds is 3. The number of hydrogen-bond acceptors (Lipinski definition) is 2. The third-order valence-electron chi connectivity index (χ3n) is 2.25. The smallest absolute Gasteiger partial charge is 0.160 e. The van der Waals surface area contributed by atoms with Gasteiger partial charge in [0.1, 0.15) is 5.69 Å². The first kappa shape index (κ1) is 12.9. The van der Waals surface area contributed by atoms with Gasteiger partial charge in [-0.1, -0.05) is 6.92 Å². The van der Waals surface area contributed by atoms with Crippen LogP contribution in [0.2, 0.25) is 0 Å². The molecular formula is C12H13IrN2O-. The van der Waals surface area contributed by atoms with Crippen LogP contribution in [0.25, 0.3) is 5.69 Å². The van der Waals surface area contributed by atoms with E-state index in [9.17, 15) is 0 Å². The van der Waals surface area contributed by atoms with Gasteiger partial charge in [0.25, 0.3) is 0 Å². The van der Waals surface area contributed by atoms with Crippen molar-refractivity contribution in [2.24, 2.45) is 0 Å². The maximum absolute atomic E-state index is 5.24. The number of ether oxygens (including phenoxy) is 1. The van der Waals surface area contributed by atoms with E-state index in [4.69, 9.17) is 4.74 Å². The van der Waals surface area contributed by atoms with Gasteiger partial charge < -0.3 is 4.74 Å². The van der Waals surface area contributed by atoms with Crippen molar-refractivity contribution >= 4 is 0 Å². The van der Waals surface area contributed by atoms with Crippen LogP contribution >= 0.6 is 0 Å². The first-order valence-electron chi connectivity index (χ1n) is 4.94. The molecule has 0 spiro atoms. The molecule has 1 aromatic heterocycles. The summed E-state index contributed by atoms with van der Waals surface area (Å²) in [5, 5.41) is 4.43. The predicted molar refractivity (Wildman–Crippen MR) is 58.3 cm³/mol. The molecule has 0 unspecified atom stereocenters. The normalized spacial score (nSPS) is 9.62. The van der Waals surface area contributed by atoms with Crippen molar-refractivity contribution in [1.29, 1.82) is 0 Å². The molecule has 3 nitrogen and oxygen atoms in total. The number of para-hydroxylation sites is 1. The van der Waals surface area contributed by atoms with Gasteiger partial charge in [-0.05, 0) is 12.1 Å². The molecule has 1 radical (unpaired) electrons. The van der Waals surface area contributed by atoms with Crippen molar-refractivity contribution in [1.82, 2.24) is 9.78 Å². The van der Waals surface area contributed by atoms with Gasteiger partial charge in [-0.25, -0.2) is 0 Å². The summed E-state index contributed by atoms with van der Waals surface area (Å²) in [4.78, 5) is 0. The van der Waals surface area contributed by atoms with E-state index in [1.165, 1.54) is 0 Å². The molecule has 0 bridgehead atoms. The Kier molecular flexibility index (Phi) is 4.71. The Morgan fingerprint density at radius 3 is 2.75 bits per heavy atom. The van der Waals surface area contributed by atoms with Crippen molar-refractivity contribution in [3.8, 4) is 11.4 Å². The molecule has 2 rings (SSSR count). The van der Waals surface area contributed by atoms with Crippen LogP contribution in [0.3, 0.4) is 0 Å². The minimum atomic E-state index is 0. The van der Waals surface area contributed by atoms with Gasteiger partial charge >= 0.3 is 0 Å². The Bertz CT molecular complexity index is 418. The summed E-state index contributed by atoms with van der Waals surface area (Å²) >= 11 is 0. The first-order valence-corrected chi connectivity index (χ1v) is 4.94. The molecule has 0 N–H and O–H groups in total. The van der Waals surface area contributed by atoms with Crippen LogP contribution in [0, 0.1) is 6.07 Å². The fourth-order valence-electron chi connectivity index (χ4n) is 1.46. The molecule has 0 aliphatic rings. The Morgan fingerprint density at radius 2 is 2.25 bits per heavy atom. The summed E-state index contributed by atoms with van der Waals surface area (Å²) in [7, 11) is 1.66. The van der Waals surface area contributed by atoms with Crippen molar-refractivity contribution in [2.75, 3.05) is 7.11 Å². The van der Waals surface area contributed by atoms with Crippen LogP contribution in [-0.4, -0.2) is 16.9 Å². The summed E-state index contributed by atoms with van der Waals surface area (Å²) in [5.74, 6) is 0.828. The summed E-state index contributed by atoms with van der Waals surface area (Å²) < 4.78 is 7.03. The number of methoxy groups -OCH3 is 1. The van der Waals surface area contributed by atoms with Gasteiger partial charge in [0.05, 0.1) is 13.3 Å². The summed E-state index contributed by atoms with van der Waals surface area (Å²) in [5.41, 5.74) is 1.89. The SMILES string of the molecule is CCc1nn(-c2[c-]cccc2)cc1OC.[Ir]. The second kappa shape index (κ2) is 5.83. The molecule has 0 aliphatic carbocycles. The predicted octanol–water partition coefficient (Wildman–Crippen LogP) is 2.24. The average Bonchev–Trinajstić information content (AvgIpc) is 2.73. The van der Waals surface area contributed by atoms with Crippen molar-refractivity contribution < 1.29 is 24.8 Å². The third-order valence-corrected chi connectivity index (χ3v) is 2.25. The van der Waals surface area contributed by atoms with Crippen LogP contribution in [0.4, 0.5) is 0 Å². The minimum absolute atomic E-state index is 0. The number of aromatic nitrogens is 2. The number of aryl methyl sites for hydroxylation is 1. The van der Waals surface area contributed by atoms with Crippen LogP contribution in [0.1, 0.15) is 12.6 Å². The quantitative estimate of drug-likeness (QED) is 0.748. The van der Waals surface area contributed by atoms with Crippen LogP contribution in [0.5, 0.6) is 5.75 Å². The Balaban J connectivity index is 0.00000128. The van der Waals surface area contributed by atoms with E-state index in [0.717, 1.165) is 23.6 Å². The molecule has 0 fully saturated rings. The van der Waals surface area contributed by atoms with E-state index >= 15 is 0 Å². The van der Waals surface area contributed by atoms with Crippen LogP contribution in [-0.2, 0) is 26.5 Å². The van der Waals surface area contributed by atoms with Gasteiger partial charge in [0.2, 0.25) is 0 Å². The molecular weight excluding hydrogens is 380 g/mol. The van der Waals surface area contributed by atoms with Gasteiger partial charge in [-0.15, -0.1) is 6.07 Å². The molecule has 16 heavy (non-hydrogen) atoms. The topological polar surface area (TPSA) is 27.1 Å². The van der Waals surface area contributed by atoms with E-state index in [-0.39, 0.29) is 20.1 Å². The molecule has 87 valence electrons. The maximum atomic E-state index is 5.24. The number of nitrogens with zero attached hydrogens (tertiary/aromatic N) is 2. The van der Waals surface area contributed by atoms with E-state index in [0.29, 0.717) is 0 Å². The average molecular weight is 393 g/mol. The van der Waals surface area contributed by atoms with E-state index in [1.807, 2.05) is 30.5 Å². The van der Waals surface area contributed by atoms with E-state index < -0.39 is 0 Å². The molecule has 1 aromatic carbocycles. The molecule has 0 amide bonds. The Labute approximate surface area is 109 Å². The molecule has 1 heterocycles. The number of benzene rings is 1. The summed E-state index contributed by atoms with van der Waals surface area (Å²) in [6, 6.07) is 10.9. The molecule has 0 atom stereocenters. The van der Waals surface area contributed by atoms with Crippen molar-refractivity contribution in [3.05, 3.63) is 42.2 Å². The van der Waals surface area contributed by atoms with Crippen molar-refractivity contribution in [3.63, 3.8) is 0 Å². The van der Waals surface area contributed by atoms with Crippen LogP contribution in [0.15, 0.2) is 30.5 Å². The monoisotopic (exact) mass is 394 g/mol. The first-order chi connectivity index (χ1) is 7.35. The standard InChI is InChI=1S/C12H13N2O.Ir/c1-3-11-12(15-2)9-14(13-11)10-7-5-4-6-8-10;/h4-7,9H,3H2,1-2H3;/q-1;. The molecule has 0 saturated carbocycles.